The Morgan fingerprint density at radius 1 is 1.05 bits per heavy atom. The molecule has 0 bridgehead atoms. The molecule has 0 amide bonds. The molecule has 1 saturated carbocycles. The van der Waals surface area contributed by atoms with Gasteiger partial charge in [-0.05, 0) is 57.5 Å². The Kier molecular flexibility index (Phi) is 6.74. The van der Waals surface area contributed by atoms with Gasteiger partial charge < -0.3 is 10.6 Å². The van der Waals surface area contributed by atoms with Gasteiger partial charge in [0.2, 0.25) is 0 Å². The fraction of sp³-hybridized carbons (Fsp3) is 0.882. The Labute approximate surface area is 119 Å². The average Bonchev–Trinajstić information content (AvgIpc) is 2.48. The third kappa shape index (κ3) is 4.82. The van der Waals surface area contributed by atoms with Gasteiger partial charge in [-0.1, -0.05) is 19.3 Å². The van der Waals surface area contributed by atoms with Gasteiger partial charge in [0.15, 0.2) is 0 Å². The highest BCUT2D eigenvalue weighted by Crippen LogP contribution is 2.30. The minimum Gasteiger partial charge on any atom is -0.314 e. The summed E-state index contributed by atoms with van der Waals surface area (Å²) in [6, 6.07) is 1.52. The summed E-state index contributed by atoms with van der Waals surface area (Å²) in [5, 5.41) is 7.58. The van der Waals surface area contributed by atoms with Crippen LogP contribution in [-0.4, -0.2) is 25.2 Å². The largest absolute Gasteiger partial charge is 0.314 e. The molecule has 0 radical (unpaired) electrons. The van der Waals surface area contributed by atoms with Crippen molar-refractivity contribution in [1.82, 2.24) is 10.6 Å². The zero-order valence-corrected chi connectivity index (χ0v) is 12.3. The van der Waals surface area contributed by atoms with Gasteiger partial charge in [-0.25, -0.2) is 0 Å². The number of unbranched alkanes of at least 4 members (excludes halogenated alkanes) is 2. The first-order chi connectivity index (χ1) is 9.42. The van der Waals surface area contributed by atoms with Gasteiger partial charge in [0, 0.05) is 18.5 Å². The molecule has 2 heteroatoms. The van der Waals surface area contributed by atoms with Crippen LogP contribution in [0.2, 0.25) is 0 Å². The number of hydrogen-bond donors (Lipinski definition) is 2. The molecule has 108 valence electrons. The smallest absolute Gasteiger partial charge is 0.0110 e. The van der Waals surface area contributed by atoms with E-state index in [2.05, 4.69) is 16.6 Å². The van der Waals surface area contributed by atoms with Crippen molar-refractivity contribution in [2.75, 3.05) is 13.1 Å². The monoisotopic (exact) mass is 262 g/mol. The summed E-state index contributed by atoms with van der Waals surface area (Å²) in [6.07, 6.45) is 18.4. The molecule has 2 N–H and O–H groups in total. The first kappa shape index (κ1) is 14.9. The van der Waals surface area contributed by atoms with Crippen LogP contribution in [0.3, 0.4) is 0 Å². The SMILES string of the molecule is C#CCCCCNC1CCCCC1C1CCCCN1. The van der Waals surface area contributed by atoms with Gasteiger partial charge in [0.25, 0.3) is 0 Å². The van der Waals surface area contributed by atoms with E-state index in [9.17, 15) is 0 Å². The van der Waals surface area contributed by atoms with Crippen LogP contribution in [0.15, 0.2) is 0 Å². The topological polar surface area (TPSA) is 24.1 Å². The van der Waals surface area contributed by atoms with Gasteiger partial charge >= 0.3 is 0 Å². The van der Waals surface area contributed by atoms with E-state index in [0.717, 1.165) is 31.0 Å². The Morgan fingerprint density at radius 2 is 1.89 bits per heavy atom. The maximum absolute atomic E-state index is 5.29. The molecule has 1 aliphatic heterocycles. The van der Waals surface area contributed by atoms with Crippen LogP contribution < -0.4 is 10.6 Å². The minimum atomic E-state index is 0.746. The summed E-state index contributed by atoms with van der Waals surface area (Å²) in [6.45, 7) is 2.38. The Balaban J connectivity index is 1.73. The van der Waals surface area contributed by atoms with E-state index in [0.29, 0.717) is 0 Å². The van der Waals surface area contributed by atoms with E-state index in [4.69, 9.17) is 6.42 Å². The summed E-state index contributed by atoms with van der Waals surface area (Å²) in [4.78, 5) is 0. The van der Waals surface area contributed by atoms with Crippen molar-refractivity contribution >= 4 is 0 Å². The van der Waals surface area contributed by atoms with Crippen molar-refractivity contribution in [3.8, 4) is 12.3 Å². The lowest BCUT2D eigenvalue weighted by atomic mass is 9.77. The number of piperidine rings is 1. The predicted octanol–water partition coefficient (Wildman–Crippen LogP) is 3.08. The molecule has 2 rings (SSSR count). The minimum absolute atomic E-state index is 0.746. The molecule has 0 aromatic carbocycles. The molecule has 0 aromatic rings. The quantitative estimate of drug-likeness (QED) is 0.568. The molecule has 2 fully saturated rings. The van der Waals surface area contributed by atoms with Gasteiger partial charge in [-0.3, -0.25) is 0 Å². The second kappa shape index (κ2) is 8.61. The fourth-order valence-corrected chi connectivity index (χ4v) is 3.78. The molecule has 1 saturated heterocycles. The highest BCUT2D eigenvalue weighted by atomic mass is 15.0. The lowest BCUT2D eigenvalue weighted by Crippen LogP contribution is -2.50. The number of terminal acetylenes is 1. The lowest BCUT2D eigenvalue weighted by molar-refractivity contribution is 0.182. The third-order valence-corrected chi connectivity index (χ3v) is 4.84. The molecule has 3 atom stereocenters. The predicted molar refractivity (Wildman–Crippen MR) is 82.1 cm³/mol. The van der Waals surface area contributed by atoms with E-state index in [1.54, 1.807) is 0 Å². The van der Waals surface area contributed by atoms with E-state index in [-0.39, 0.29) is 0 Å². The van der Waals surface area contributed by atoms with Crippen molar-refractivity contribution in [3.05, 3.63) is 0 Å². The summed E-state index contributed by atoms with van der Waals surface area (Å²) < 4.78 is 0. The van der Waals surface area contributed by atoms with Gasteiger partial charge in [0.05, 0.1) is 0 Å². The van der Waals surface area contributed by atoms with E-state index in [1.165, 1.54) is 64.3 Å². The van der Waals surface area contributed by atoms with Crippen molar-refractivity contribution in [3.63, 3.8) is 0 Å². The molecule has 0 spiro atoms. The maximum atomic E-state index is 5.29. The highest BCUT2D eigenvalue weighted by Gasteiger charge is 2.31. The second-order valence-electron chi connectivity index (χ2n) is 6.23. The molecule has 0 aromatic heterocycles. The van der Waals surface area contributed by atoms with Crippen LogP contribution in [0.5, 0.6) is 0 Å². The zero-order chi connectivity index (χ0) is 13.3. The van der Waals surface area contributed by atoms with Crippen LogP contribution in [-0.2, 0) is 0 Å². The van der Waals surface area contributed by atoms with E-state index < -0.39 is 0 Å². The molecule has 2 aliphatic rings. The van der Waals surface area contributed by atoms with Crippen LogP contribution in [0, 0.1) is 18.3 Å². The van der Waals surface area contributed by atoms with Crippen molar-refractivity contribution in [2.24, 2.45) is 5.92 Å². The van der Waals surface area contributed by atoms with Gasteiger partial charge in [-0.2, -0.15) is 0 Å². The van der Waals surface area contributed by atoms with Gasteiger partial charge in [-0.15, -0.1) is 12.3 Å². The number of rotatable bonds is 6. The molecule has 19 heavy (non-hydrogen) atoms. The zero-order valence-electron chi connectivity index (χ0n) is 12.3. The van der Waals surface area contributed by atoms with Crippen molar-refractivity contribution in [2.45, 2.75) is 76.3 Å². The molecule has 1 aliphatic carbocycles. The van der Waals surface area contributed by atoms with Crippen LogP contribution in [0.1, 0.15) is 64.2 Å². The summed E-state index contributed by atoms with van der Waals surface area (Å²) in [5.74, 6) is 3.59. The summed E-state index contributed by atoms with van der Waals surface area (Å²) in [7, 11) is 0. The number of hydrogen-bond acceptors (Lipinski definition) is 2. The Bertz CT molecular complexity index is 275. The van der Waals surface area contributed by atoms with E-state index in [1.807, 2.05) is 0 Å². The first-order valence-corrected chi connectivity index (χ1v) is 8.32. The van der Waals surface area contributed by atoms with Crippen molar-refractivity contribution < 1.29 is 0 Å². The Morgan fingerprint density at radius 3 is 2.68 bits per heavy atom. The molecular formula is C17H30N2. The molecular weight excluding hydrogens is 232 g/mol. The number of nitrogens with one attached hydrogen (secondary N) is 2. The lowest BCUT2D eigenvalue weighted by Gasteiger charge is -2.40. The fourth-order valence-electron chi connectivity index (χ4n) is 3.78. The molecule has 1 heterocycles. The summed E-state index contributed by atoms with van der Waals surface area (Å²) >= 11 is 0. The first-order valence-electron chi connectivity index (χ1n) is 8.32. The third-order valence-electron chi connectivity index (χ3n) is 4.84. The second-order valence-corrected chi connectivity index (χ2v) is 6.23. The van der Waals surface area contributed by atoms with E-state index >= 15 is 0 Å². The van der Waals surface area contributed by atoms with Crippen LogP contribution in [0.25, 0.3) is 0 Å². The highest BCUT2D eigenvalue weighted by molar-refractivity contribution is 4.90. The normalized spacial score (nSPS) is 31.8. The Hall–Kier alpha value is -0.520. The molecule has 2 nitrogen and oxygen atoms in total. The maximum Gasteiger partial charge on any atom is 0.0110 e. The van der Waals surface area contributed by atoms with Crippen LogP contribution >= 0.6 is 0 Å². The standard InChI is InChI=1S/C17H30N2/c1-2-3-4-8-13-18-16-11-6-5-10-15(16)17-12-7-9-14-19-17/h1,15-19H,3-14H2. The van der Waals surface area contributed by atoms with Gasteiger partial charge in [0.1, 0.15) is 0 Å². The summed E-state index contributed by atoms with van der Waals surface area (Å²) in [5.41, 5.74) is 0. The molecule has 3 unspecified atom stereocenters. The van der Waals surface area contributed by atoms with Crippen molar-refractivity contribution in [1.29, 1.82) is 0 Å². The van der Waals surface area contributed by atoms with Crippen LogP contribution in [0.4, 0.5) is 0 Å². The average molecular weight is 262 g/mol.